The van der Waals surface area contributed by atoms with Gasteiger partial charge in [-0.1, -0.05) is 19.1 Å². The fourth-order valence-electron chi connectivity index (χ4n) is 3.16. The normalized spacial score (nSPS) is 18.0. The van der Waals surface area contributed by atoms with Crippen LogP contribution in [0.2, 0.25) is 0 Å². The number of benzene rings is 1. The summed E-state index contributed by atoms with van der Waals surface area (Å²) in [4.78, 5) is 20.0. The summed E-state index contributed by atoms with van der Waals surface area (Å²) in [5.41, 5.74) is 0.904. The molecule has 0 radical (unpaired) electrons. The average molecular weight is 347 g/mol. The number of nitrogens with zero attached hydrogens (tertiary/aromatic N) is 2. The van der Waals surface area contributed by atoms with Crippen LogP contribution in [-0.4, -0.2) is 34.9 Å². The third-order valence-electron chi connectivity index (χ3n) is 4.23. The molecule has 1 aromatic carbocycles. The standard InChI is InChI=1S/C18H22FN3OS/c1-2-8-22-9-4-7-16(22)17(23)21-18-20-12-15(24-18)11-13-5-3-6-14(19)10-13/h3,5-6,10,12,16H,2,4,7-9,11H2,1H3,(H,20,21,23)/t16-/m0/s1. The van der Waals surface area contributed by atoms with E-state index < -0.39 is 0 Å². The minimum absolute atomic E-state index is 0.0348. The molecule has 0 aliphatic carbocycles. The van der Waals surface area contributed by atoms with Crippen LogP contribution in [0.15, 0.2) is 30.5 Å². The van der Waals surface area contributed by atoms with Gasteiger partial charge in [-0.15, -0.1) is 11.3 Å². The number of hydrogen-bond acceptors (Lipinski definition) is 4. The lowest BCUT2D eigenvalue weighted by Gasteiger charge is -2.22. The molecule has 2 aromatic rings. The molecule has 4 nitrogen and oxygen atoms in total. The van der Waals surface area contributed by atoms with Gasteiger partial charge in [0.1, 0.15) is 5.82 Å². The number of hydrogen-bond donors (Lipinski definition) is 1. The summed E-state index contributed by atoms with van der Waals surface area (Å²) in [5, 5.41) is 3.56. The molecule has 24 heavy (non-hydrogen) atoms. The van der Waals surface area contributed by atoms with Crippen LogP contribution in [0.25, 0.3) is 0 Å². The van der Waals surface area contributed by atoms with Crippen molar-refractivity contribution >= 4 is 22.4 Å². The van der Waals surface area contributed by atoms with Crippen molar-refractivity contribution in [3.8, 4) is 0 Å². The van der Waals surface area contributed by atoms with Gasteiger partial charge in [0.25, 0.3) is 0 Å². The molecule has 1 atom stereocenters. The Kier molecular flexibility index (Phi) is 5.58. The highest BCUT2D eigenvalue weighted by Crippen LogP contribution is 2.24. The molecule has 1 aliphatic rings. The third-order valence-corrected chi connectivity index (χ3v) is 5.14. The Morgan fingerprint density at radius 3 is 3.17 bits per heavy atom. The Balaban J connectivity index is 1.60. The molecule has 1 N–H and O–H groups in total. The van der Waals surface area contributed by atoms with Gasteiger partial charge in [-0.3, -0.25) is 9.69 Å². The number of thiazole rings is 1. The molecule has 1 amide bonds. The Labute approximate surface area is 145 Å². The number of carbonyl (C=O) groups excluding carboxylic acids is 1. The van der Waals surface area contributed by atoms with Crippen molar-refractivity contribution in [3.05, 3.63) is 46.7 Å². The van der Waals surface area contributed by atoms with Crippen molar-refractivity contribution in [1.82, 2.24) is 9.88 Å². The highest BCUT2D eigenvalue weighted by atomic mass is 32.1. The summed E-state index contributed by atoms with van der Waals surface area (Å²) in [6.07, 6.45) is 5.41. The maximum atomic E-state index is 13.2. The second-order valence-electron chi connectivity index (χ2n) is 6.12. The first-order valence-corrected chi connectivity index (χ1v) is 9.21. The van der Waals surface area contributed by atoms with Crippen LogP contribution in [0.3, 0.4) is 0 Å². The number of amides is 1. The SMILES string of the molecule is CCCN1CCC[C@H]1C(=O)Nc1ncc(Cc2cccc(F)c2)s1. The van der Waals surface area contributed by atoms with Gasteiger partial charge in [-0.25, -0.2) is 9.37 Å². The van der Waals surface area contributed by atoms with Crippen LogP contribution in [-0.2, 0) is 11.2 Å². The fourth-order valence-corrected chi connectivity index (χ4v) is 4.01. The molecule has 0 bridgehead atoms. The molecule has 128 valence electrons. The van der Waals surface area contributed by atoms with E-state index in [0.29, 0.717) is 11.6 Å². The van der Waals surface area contributed by atoms with Crippen LogP contribution < -0.4 is 5.32 Å². The zero-order valence-electron chi connectivity index (χ0n) is 13.8. The quantitative estimate of drug-likeness (QED) is 0.867. The molecule has 3 rings (SSSR count). The van der Waals surface area contributed by atoms with Crippen molar-refractivity contribution in [3.63, 3.8) is 0 Å². The number of anilines is 1. The Hall–Kier alpha value is -1.79. The molecule has 0 unspecified atom stereocenters. The minimum atomic E-state index is -0.234. The molecular formula is C18H22FN3OS. The molecular weight excluding hydrogens is 325 g/mol. The zero-order valence-corrected chi connectivity index (χ0v) is 14.6. The maximum absolute atomic E-state index is 13.2. The lowest BCUT2D eigenvalue weighted by Crippen LogP contribution is -2.39. The van der Waals surface area contributed by atoms with E-state index in [1.54, 1.807) is 12.3 Å². The second-order valence-corrected chi connectivity index (χ2v) is 7.24. The van der Waals surface area contributed by atoms with Crippen LogP contribution in [0.5, 0.6) is 0 Å². The van der Waals surface area contributed by atoms with Gasteiger partial charge >= 0.3 is 0 Å². The predicted octanol–water partition coefficient (Wildman–Crippen LogP) is 3.69. The van der Waals surface area contributed by atoms with Crippen molar-refractivity contribution in [2.24, 2.45) is 0 Å². The molecule has 1 aromatic heterocycles. The van der Waals surface area contributed by atoms with E-state index in [1.807, 2.05) is 6.07 Å². The molecule has 1 aliphatic heterocycles. The van der Waals surface area contributed by atoms with Crippen molar-refractivity contribution in [2.75, 3.05) is 18.4 Å². The third kappa shape index (κ3) is 4.19. The first-order valence-electron chi connectivity index (χ1n) is 8.39. The predicted molar refractivity (Wildman–Crippen MR) is 94.8 cm³/mol. The summed E-state index contributed by atoms with van der Waals surface area (Å²) in [7, 11) is 0. The largest absolute Gasteiger partial charge is 0.301 e. The molecule has 1 saturated heterocycles. The average Bonchev–Trinajstić information content (AvgIpc) is 3.17. The van der Waals surface area contributed by atoms with Crippen molar-refractivity contribution < 1.29 is 9.18 Å². The van der Waals surface area contributed by atoms with Gasteiger partial charge in [0, 0.05) is 17.5 Å². The lowest BCUT2D eigenvalue weighted by molar-refractivity contribution is -0.120. The smallest absolute Gasteiger partial charge is 0.243 e. The maximum Gasteiger partial charge on any atom is 0.243 e. The molecule has 6 heteroatoms. The van der Waals surface area contributed by atoms with Crippen LogP contribution in [0.4, 0.5) is 9.52 Å². The number of carbonyl (C=O) groups is 1. The second kappa shape index (κ2) is 7.85. The first-order chi connectivity index (χ1) is 11.7. The fraction of sp³-hybridized carbons (Fsp3) is 0.444. The number of likely N-dealkylation sites (tertiary alicyclic amines) is 1. The van der Waals surface area contributed by atoms with E-state index in [9.17, 15) is 9.18 Å². The Bertz CT molecular complexity index is 703. The molecule has 1 fully saturated rings. The van der Waals surface area contributed by atoms with Gasteiger partial charge in [-0.05, 0) is 50.0 Å². The number of halogens is 1. The van der Waals surface area contributed by atoms with E-state index in [4.69, 9.17) is 0 Å². The van der Waals surface area contributed by atoms with E-state index in [2.05, 4.69) is 22.1 Å². The minimum Gasteiger partial charge on any atom is -0.301 e. The van der Waals surface area contributed by atoms with E-state index in [0.717, 1.165) is 42.8 Å². The summed E-state index contributed by atoms with van der Waals surface area (Å²) < 4.78 is 13.2. The summed E-state index contributed by atoms with van der Waals surface area (Å²) in [5.74, 6) is -0.199. The Morgan fingerprint density at radius 2 is 2.38 bits per heavy atom. The summed E-state index contributed by atoms with van der Waals surface area (Å²) >= 11 is 1.45. The molecule has 0 spiro atoms. The van der Waals surface area contributed by atoms with Gasteiger partial charge in [0.2, 0.25) is 5.91 Å². The highest BCUT2D eigenvalue weighted by molar-refractivity contribution is 7.15. The van der Waals surface area contributed by atoms with E-state index >= 15 is 0 Å². The van der Waals surface area contributed by atoms with Crippen LogP contribution in [0.1, 0.15) is 36.6 Å². The number of rotatable bonds is 6. The topological polar surface area (TPSA) is 45.2 Å². The molecule has 2 heterocycles. The van der Waals surface area contributed by atoms with E-state index in [-0.39, 0.29) is 17.8 Å². The van der Waals surface area contributed by atoms with Crippen molar-refractivity contribution in [2.45, 2.75) is 38.6 Å². The summed E-state index contributed by atoms with van der Waals surface area (Å²) in [6.45, 7) is 4.09. The lowest BCUT2D eigenvalue weighted by atomic mass is 10.1. The van der Waals surface area contributed by atoms with Gasteiger partial charge in [0.15, 0.2) is 5.13 Å². The zero-order chi connectivity index (χ0) is 16.9. The van der Waals surface area contributed by atoms with Gasteiger partial charge in [0.05, 0.1) is 6.04 Å². The first kappa shape index (κ1) is 17.0. The van der Waals surface area contributed by atoms with Crippen LogP contribution >= 0.6 is 11.3 Å². The number of aromatic nitrogens is 1. The van der Waals surface area contributed by atoms with E-state index in [1.165, 1.54) is 23.5 Å². The summed E-state index contributed by atoms with van der Waals surface area (Å²) in [6, 6.07) is 6.52. The van der Waals surface area contributed by atoms with Gasteiger partial charge < -0.3 is 5.32 Å². The molecule has 0 saturated carbocycles. The highest BCUT2D eigenvalue weighted by Gasteiger charge is 2.30. The Morgan fingerprint density at radius 1 is 1.50 bits per heavy atom. The van der Waals surface area contributed by atoms with Crippen LogP contribution in [0, 0.1) is 5.82 Å². The monoisotopic (exact) mass is 347 g/mol. The number of nitrogens with one attached hydrogen (secondary N) is 1. The van der Waals surface area contributed by atoms with Crippen molar-refractivity contribution in [1.29, 1.82) is 0 Å². The van der Waals surface area contributed by atoms with Gasteiger partial charge in [-0.2, -0.15) is 0 Å².